The number of carbonyl (C=O) groups is 1. The SMILES string of the molecule is O=C(O)c1cccc(-n2nc(-c3cncc(Br)c3)c3c2NCC3)c1. The van der Waals surface area contributed by atoms with Crippen molar-refractivity contribution in [2.24, 2.45) is 0 Å². The van der Waals surface area contributed by atoms with Gasteiger partial charge in [-0.15, -0.1) is 0 Å². The van der Waals surface area contributed by atoms with Crippen LogP contribution in [0.2, 0.25) is 0 Å². The first-order chi connectivity index (χ1) is 11.6. The van der Waals surface area contributed by atoms with E-state index in [9.17, 15) is 9.90 Å². The molecule has 3 aromatic rings. The lowest BCUT2D eigenvalue weighted by Crippen LogP contribution is -2.05. The van der Waals surface area contributed by atoms with Crippen LogP contribution in [-0.2, 0) is 6.42 Å². The maximum atomic E-state index is 11.2. The first kappa shape index (κ1) is 14.9. The van der Waals surface area contributed by atoms with Crippen LogP contribution in [0.4, 0.5) is 5.82 Å². The zero-order chi connectivity index (χ0) is 16.7. The van der Waals surface area contributed by atoms with Gasteiger partial charge in [0.1, 0.15) is 5.82 Å². The molecular formula is C17H13BrN4O2. The van der Waals surface area contributed by atoms with E-state index in [1.165, 1.54) is 0 Å². The predicted molar refractivity (Wildman–Crippen MR) is 93.6 cm³/mol. The standard InChI is InChI=1S/C17H13BrN4O2/c18-12-6-11(8-19-9-12)15-14-4-5-20-16(14)22(21-15)13-3-1-2-10(7-13)17(23)24/h1-3,6-9,20H,4-5H2,(H,23,24). The Kier molecular flexibility index (Phi) is 3.57. The lowest BCUT2D eigenvalue weighted by atomic mass is 10.1. The first-order valence-corrected chi connectivity index (χ1v) is 8.23. The molecule has 0 unspecified atom stereocenters. The molecule has 120 valence electrons. The number of benzene rings is 1. The van der Waals surface area contributed by atoms with E-state index in [4.69, 9.17) is 5.10 Å². The van der Waals surface area contributed by atoms with Gasteiger partial charge in [-0.1, -0.05) is 6.07 Å². The van der Waals surface area contributed by atoms with E-state index >= 15 is 0 Å². The Morgan fingerprint density at radius 1 is 1.29 bits per heavy atom. The van der Waals surface area contributed by atoms with Crippen LogP contribution < -0.4 is 5.32 Å². The number of carboxylic acids is 1. The minimum absolute atomic E-state index is 0.236. The Morgan fingerprint density at radius 2 is 2.17 bits per heavy atom. The maximum absolute atomic E-state index is 11.2. The molecule has 2 aromatic heterocycles. The quantitative estimate of drug-likeness (QED) is 0.723. The van der Waals surface area contributed by atoms with Crippen LogP contribution in [0.25, 0.3) is 16.9 Å². The summed E-state index contributed by atoms with van der Waals surface area (Å²) >= 11 is 3.44. The van der Waals surface area contributed by atoms with Gasteiger partial charge in [0.05, 0.1) is 16.9 Å². The zero-order valence-corrected chi connectivity index (χ0v) is 14.1. The molecule has 1 aliphatic rings. The molecule has 0 fully saturated rings. The molecule has 6 nitrogen and oxygen atoms in total. The molecule has 7 heteroatoms. The number of aromatic nitrogens is 3. The van der Waals surface area contributed by atoms with Crippen molar-refractivity contribution in [3.8, 4) is 16.9 Å². The maximum Gasteiger partial charge on any atom is 0.335 e. The number of nitrogens with zero attached hydrogens (tertiary/aromatic N) is 3. The molecule has 0 spiro atoms. The Morgan fingerprint density at radius 3 is 2.96 bits per heavy atom. The molecule has 1 aromatic carbocycles. The van der Waals surface area contributed by atoms with Crippen LogP contribution in [0, 0.1) is 0 Å². The number of hydrogen-bond donors (Lipinski definition) is 2. The molecule has 0 radical (unpaired) electrons. The summed E-state index contributed by atoms with van der Waals surface area (Å²) in [6.45, 7) is 0.834. The number of halogens is 1. The van der Waals surface area contributed by atoms with E-state index in [2.05, 4.69) is 26.2 Å². The third kappa shape index (κ3) is 2.46. The van der Waals surface area contributed by atoms with Crippen LogP contribution in [-0.4, -0.2) is 32.4 Å². The summed E-state index contributed by atoms with van der Waals surface area (Å²) in [5.74, 6) is -0.0439. The molecule has 0 atom stereocenters. The van der Waals surface area contributed by atoms with Gasteiger partial charge in [0.15, 0.2) is 0 Å². The van der Waals surface area contributed by atoms with Crippen molar-refractivity contribution < 1.29 is 9.90 Å². The van der Waals surface area contributed by atoms with Crippen molar-refractivity contribution in [3.05, 3.63) is 58.3 Å². The third-order valence-corrected chi connectivity index (χ3v) is 4.40. The summed E-state index contributed by atoms with van der Waals surface area (Å²) in [7, 11) is 0. The van der Waals surface area contributed by atoms with Gasteiger partial charge in [-0.2, -0.15) is 5.10 Å². The van der Waals surface area contributed by atoms with Gasteiger partial charge >= 0.3 is 5.97 Å². The van der Waals surface area contributed by atoms with Gasteiger partial charge in [0, 0.05) is 34.5 Å². The molecule has 0 amide bonds. The number of rotatable bonds is 3. The van der Waals surface area contributed by atoms with Crippen LogP contribution in [0.1, 0.15) is 15.9 Å². The van der Waals surface area contributed by atoms with E-state index in [0.717, 1.165) is 45.8 Å². The number of anilines is 1. The smallest absolute Gasteiger partial charge is 0.335 e. The first-order valence-electron chi connectivity index (χ1n) is 7.44. The predicted octanol–water partition coefficient (Wildman–Crippen LogP) is 3.36. The van der Waals surface area contributed by atoms with Crippen molar-refractivity contribution in [1.82, 2.24) is 14.8 Å². The number of aromatic carboxylic acids is 1. The second kappa shape index (κ2) is 5.76. The molecular weight excluding hydrogens is 372 g/mol. The van der Waals surface area contributed by atoms with Crippen molar-refractivity contribution in [1.29, 1.82) is 0 Å². The number of carboxylic acid groups (broad SMARTS) is 1. The highest BCUT2D eigenvalue weighted by atomic mass is 79.9. The lowest BCUT2D eigenvalue weighted by molar-refractivity contribution is 0.0697. The summed E-state index contributed by atoms with van der Waals surface area (Å²) in [5, 5.41) is 17.3. The highest BCUT2D eigenvalue weighted by molar-refractivity contribution is 9.10. The van der Waals surface area contributed by atoms with E-state index in [1.807, 2.05) is 12.1 Å². The fourth-order valence-corrected chi connectivity index (χ4v) is 3.27. The Balaban J connectivity index is 1.88. The number of pyridine rings is 1. The number of hydrogen-bond acceptors (Lipinski definition) is 4. The molecule has 24 heavy (non-hydrogen) atoms. The molecule has 0 saturated heterocycles. The van der Waals surface area contributed by atoms with Gasteiger partial charge in [-0.05, 0) is 46.6 Å². The fraction of sp³-hybridized carbons (Fsp3) is 0.118. The van der Waals surface area contributed by atoms with E-state index in [0.29, 0.717) is 0 Å². The summed E-state index contributed by atoms with van der Waals surface area (Å²) in [4.78, 5) is 15.4. The second-order valence-corrected chi connectivity index (χ2v) is 6.43. The lowest BCUT2D eigenvalue weighted by Gasteiger charge is -2.07. The topological polar surface area (TPSA) is 80.0 Å². The summed E-state index contributed by atoms with van der Waals surface area (Å²) in [6, 6.07) is 8.75. The largest absolute Gasteiger partial charge is 0.478 e. The molecule has 0 saturated carbocycles. The van der Waals surface area contributed by atoms with E-state index in [-0.39, 0.29) is 5.56 Å². The molecule has 2 N–H and O–H groups in total. The van der Waals surface area contributed by atoms with Crippen molar-refractivity contribution >= 4 is 27.7 Å². The highest BCUT2D eigenvalue weighted by Gasteiger charge is 2.24. The van der Waals surface area contributed by atoms with Crippen molar-refractivity contribution in [2.75, 3.05) is 11.9 Å². The minimum Gasteiger partial charge on any atom is -0.478 e. The molecule has 0 bridgehead atoms. The normalized spacial score (nSPS) is 12.7. The third-order valence-electron chi connectivity index (χ3n) is 3.97. The Hall–Kier alpha value is -2.67. The second-order valence-electron chi connectivity index (χ2n) is 5.51. The van der Waals surface area contributed by atoms with Crippen LogP contribution in [0.3, 0.4) is 0 Å². The van der Waals surface area contributed by atoms with Gasteiger partial charge in [-0.3, -0.25) is 4.98 Å². The van der Waals surface area contributed by atoms with E-state index in [1.54, 1.807) is 35.3 Å². The molecule has 3 heterocycles. The Bertz CT molecular complexity index is 952. The fourth-order valence-electron chi connectivity index (χ4n) is 2.91. The monoisotopic (exact) mass is 384 g/mol. The van der Waals surface area contributed by atoms with Gasteiger partial charge in [0.2, 0.25) is 0 Å². The van der Waals surface area contributed by atoms with Gasteiger partial charge in [0.25, 0.3) is 0 Å². The van der Waals surface area contributed by atoms with Crippen LogP contribution in [0.5, 0.6) is 0 Å². The zero-order valence-electron chi connectivity index (χ0n) is 12.5. The van der Waals surface area contributed by atoms with Gasteiger partial charge < -0.3 is 10.4 Å². The number of fused-ring (bicyclic) bond motifs is 1. The number of nitrogens with one attached hydrogen (secondary N) is 1. The molecule has 4 rings (SSSR count). The van der Waals surface area contributed by atoms with Crippen molar-refractivity contribution in [3.63, 3.8) is 0 Å². The van der Waals surface area contributed by atoms with E-state index < -0.39 is 5.97 Å². The Labute approximate surface area is 146 Å². The summed E-state index contributed by atoms with van der Waals surface area (Å²) in [6.07, 6.45) is 4.38. The van der Waals surface area contributed by atoms with Crippen molar-refractivity contribution in [2.45, 2.75) is 6.42 Å². The summed E-state index contributed by atoms with van der Waals surface area (Å²) < 4.78 is 2.66. The average Bonchev–Trinajstić information content (AvgIpc) is 3.17. The summed E-state index contributed by atoms with van der Waals surface area (Å²) in [5.41, 5.74) is 3.87. The van der Waals surface area contributed by atoms with Gasteiger partial charge in [-0.25, -0.2) is 9.48 Å². The highest BCUT2D eigenvalue weighted by Crippen LogP contribution is 2.35. The molecule has 1 aliphatic heterocycles. The average molecular weight is 385 g/mol. The molecule has 0 aliphatic carbocycles. The van der Waals surface area contributed by atoms with Crippen LogP contribution >= 0.6 is 15.9 Å². The van der Waals surface area contributed by atoms with Crippen LogP contribution in [0.15, 0.2) is 47.2 Å². The minimum atomic E-state index is -0.954.